The molecule has 0 radical (unpaired) electrons. The van der Waals surface area contributed by atoms with Crippen molar-refractivity contribution in [1.29, 1.82) is 0 Å². The van der Waals surface area contributed by atoms with Gasteiger partial charge in [-0.2, -0.15) is 0 Å². The predicted molar refractivity (Wildman–Crippen MR) is 79.7 cm³/mol. The van der Waals surface area contributed by atoms with E-state index >= 15 is 0 Å². The molecule has 0 spiro atoms. The fourth-order valence-corrected chi connectivity index (χ4v) is 2.86. The summed E-state index contributed by atoms with van der Waals surface area (Å²) in [6.45, 7) is 9.72. The summed E-state index contributed by atoms with van der Waals surface area (Å²) in [6, 6.07) is -0.158. The first-order valence-corrected chi connectivity index (χ1v) is 7.98. The van der Waals surface area contributed by atoms with E-state index in [1.54, 1.807) is 0 Å². The molecule has 0 aromatic rings. The van der Waals surface area contributed by atoms with Gasteiger partial charge in [-0.05, 0) is 31.7 Å². The number of ether oxygens (including phenoxy) is 1. The zero-order chi connectivity index (χ0) is 14.4. The molecule has 1 N–H and O–H groups in total. The van der Waals surface area contributed by atoms with Gasteiger partial charge in [-0.1, -0.05) is 6.92 Å². The molecule has 2 rings (SSSR count). The van der Waals surface area contributed by atoms with Crippen LogP contribution in [0.3, 0.4) is 0 Å². The molecule has 2 aliphatic rings. The summed E-state index contributed by atoms with van der Waals surface area (Å²) < 4.78 is 4.84. The summed E-state index contributed by atoms with van der Waals surface area (Å²) in [4.78, 5) is 16.7. The van der Waals surface area contributed by atoms with Gasteiger partial charge in [0.2, 0.25) is 0 Å². The van der Waals surface area contributed by atoms with Crippen LogP contribution < -0.4 is 5.32 Å². The van der Waals surface area contributed by atoms with E-state index in [0.29, 0.717) is 0 Å². The monoisotopic (exact) mass is 283 g/mol. The Morgan fingerprint density at radius 2 is 1.90 bits per heavy atom. The number of rotatable bonds is 8. The smallest absolute Gasteiger partial charge is 0.322 e. The lowest BCUT2D eigenvalue weighted by Crippen LogP contribution is -2.48. The number of carbonyl (C=O) groups is 1. The molecule has 1 unspecified atom stereocenters. The van der Waals surface area contributed by atoms with Crippen molar-refractivity contribution in [2.75, 3.05) is 52.9 Å². The second-order valence-electron chi connectivity index (χ2n) is 6.01. The Morgan fingerprint density at radius 3 is 2.45 bits per heavy atom. The molecule has 2 fully saturated rings. The zero-order valence-corrected chi connectivity index (χ0v) is 12.9. The summed E-state index contributed by atoms with van der Waals surface area (Å²) in [7, 11) is 1.46. The average molecular weight is 283 g/mol. The van der Waals surface area contributed by atoms with Crippen molar-refractivity contribution in [3.8, 4) is 0 Å². The molecule has 1 aliphatic heterocycles. The fourth-order valence-electron chi connectivity index (χ4n) is 2.86. The van der Waals surface area contributed by atoms with Crippen molar-refractivity contribution in [1.82, 2.24) is 15.1 Å². The SMILES string of the molecule is CCNC(CCN1CCN(CC2CC2)CC1)C(=O)OC. The standard InChI is InChI=1S/C15H29N3O2/c1-3-16-14(15(19)20-2)6-7-17-8-10-18(11-9-17)12-13-4-5-13/h13-14,16H,3-12H2,1-2H3. The van der Waals surface area contributed by atoms with Crippen LogP contribution in [-0.2, 0) is 9.53 Å². The van der Waals surface area contributed by atoms with E-state index in [9.17, 15) is 4.79 Å². The number of hydrogen-bond acceptors (Lipinski definition) is 5. The molecule has 20 heavy (non-hydrogen) atoms. The predicted octanol–water partition coefficient (Wildman–Crippen LogP) is 0.555. The van der Waals surface area contributed by atoms with Crippen LogP contribution in [0.25, 0.3) is 0 Å². The summed E-state index contributed by atoms with van der Waals surface area (Å²) in [5, 5.41) is 3.20. The Kier molecular flexibility index (Phi) is 6.26. The van der Waals surface area contributed by atoms with Gasteiger partial charge < -0.3 is 19.9 Å². The first-order valence-electron chi connectivity index (χ1n) is 7.98. The van der Waals surface area contributed by atoms with Crippen molar-refractivity contribution in [2.24, 2.45) is 5.92 Å². The van der Waals surface area contributed by atoms with Gasteiger partial charge in [0.05, 0.1) is 7.11 Å². The molecular weight excluding hydrogens is 254 g/mol. The Hall–Kier alpha value is -0.650. The van der Waals surface area contributed by atoms with Crippen LogP contribution in [0.5, 0.6) is 0 Å². The first-order chi connectivity index (χ1) is 9.72. The van der Waals surface area contributed by atoms with Crippen LogP contribution in [0.4, 0.5) is 0 Å². The third-order valence-electron chi connectivity index (χ3n) is 4.35. The van der Waals surface area contributed by atoms with Crippen LogP contribution in [0.15, 0.2) is 0 Å². The van der Waals surface area contributed by atoms with E-state index in [-0.39, 0.29) is 12.0 Å². The van der Waals surface area contributed by atoms with Crippen molar-refractivity contribution in [3.05, 3.63) is 0 Å². The van der Waals surface area contributed by atoms with Crippen molar-refractivity contribution >= 4 is 5.97 Å². The van der Waals surface area contributed by atoms with Gasteiger partial charge in [-0.15, -0.1) is 0 Å². The van der Waals surface area contributed by atoms with Gasteiger partial charge in [-0.25, -0.2) is 0 Å². The number of methoxy groups -OCH3 is 1. The summed E-state index contributed by atoms with van der Waals surface area (Å²) in [6.07, 6.45) is 3.70. The van der Waals surface area contributed by atoms with Crippen LogP contribution >= 0.6 is 0 Å². The van der Waals surface area contributed by atoms with Gasteiger partial charge in [0, 0.05) is 39.3 Å². The van der Waals surface area contributed by atoms with E-state index in [0.717, 1.165) is 38.5 Å². The lowest BCUT2D eigenvalue weighted by molar-refractivity contribution is -0.143. The number of nitrogens with zero attached hydrogens (tertiary/aromatic N) is 2. The minimum absolute atomic E-state index is 0.140. The zero-order valence-electron chi connectivity index (χ0n) is 12.9. The Labute approximate surface area is 122 Å². The molecule has 5 nitrogen and oxygen atoms in total. The molecule has 5 heteroatoms. The van der Waals surface area contributed by atoms with Gasteiger partial charge in [-0.3, -0.25) is 4.79 Å². The largest absolute Gasteiger partial charge is 0.468 e. The van der Waals surface area contributed by atoms with Gasteiger partial charge in [0.1, 0.15) is 6.04 Å². The van der Waals surface area contributed by atoms with Gasteiger partial charge in [0.25, 0.3) is 0 Å². The normalized spacial score (nSPS) is 22.7. The molecule has 0 bridgehead atoms. The lowest BCUT2D eigenvalue weighted by Gasteiger charge is -2.35. The van der Waals surface area contributed by atoms with Crippen molar-refractivity contribution in [2.45, 2.75) is 32.2 Å². The Morgan fingerprint density at radius 1 is 1.25 bits per heavy atom. The lowest BCUT2D eigenvalue weighted by atomic mass is 10.2. The topological polar surface area (TPSA) is 44.8 Å². The number of piperazine rings is 1. The summed E-state index contributed by atoms with van der Waals surface area (Å²) >= 11 is 0. The van der Waals surface area contributed by atoms with E-state index in [1.807, 2.05) is 6.92 Å². The van der Waals surface area contributed by atoms with Gasteiger partial charge >= 0.3 is 5.97 Å². The van der Waals surface area contributed by atoms with Gasteiger partial charge in [0.15, 0.2) is 0 Å². The highest BCUT2D eigenvalue weighted by Crippen LogP contribution is 2.29. The molecule has 1 aliphatic carbocycles. The quantitative estimate of drug-likeness (QED) is 0.659. The van der Waals surface area contributed by atoms with E-state index in [4.69, 9.17) is 4.74 Å². The van der Waals surface area contributed by atoms with E-state index in [2.05, 4.69) is 15.1 Å². The highest BCUT2D eigenvalue weighted by Gasteiger charge is 2.26. The second kappa shape index (κ2) is 7.96. The van der Waals surface area contributed by atoms with E-state index in [1.165, 1.54) is 39.6 Å². The number of likely N-dealkylation sites (N-methyl/N-ethyl adjacent to an activating group) is 1. The van der Waals surface area contributed by atoms with Crippen LogP contribution in [0, 0.1) is 5.92 Å². The van der Waals surface area contributed by atoms with Crippen molar-refractivity contribution in [3.63, 3.8) is 0 Å². The maximum Gasteiger partial charge on any atom is 0.322 e. The molecule has 1 atom stereocenters. The highest BCUT2D eigenvalue weighted by molar-refractivity contribution is 5.75. The minimum atomic E-state index is -0.158. The molecule has 1 heterocycles. The summed E-state index contributed by atoms with van der Waals surface area (Å²) in [5.41, 5.74) is 0. The third kappa shape index (κ3) is 5.04. The first kappa shape index (κ1) is 15.7. The Balaban J connectivity index is 1.64. The molecule has 0 aromatic heterocycles. The molecule has 1 saturated heterocycles. The maximum absolute atomic E-state index is 11.6. The fraction of sp³-hybridized carbons (Fsp3) is 0.933. The third-order valence-corrected chi connectivity index (χ3v) is 4.35. The molecule has 1 saturated carbocycles. The summed E-state index contributed by atoms with van der Waals surface area (Å²) in [5.74, 6) is 0.846. The molecule has 0 aromatic carbocycles. The molecule has 116 valence electrons. The van der Waals surface area contributed by atoms with Crippen molar-refractivity contribution < 1.29 is 9.53 Å². The van der Waals surface area contributed by atoms with Crippen LogP contribution in [-0.4, -0.2) is 74.7 Å². The number of nitrogens with one attached hydrogen (secondary N) is 1. The molecule has 0 amide bonds. The van der Waals surface area contributed by atoms with Crippen LogP contribution in [0.1, 0.15) is 26.2 Å². The van der Waals surface area contributed by atoms with Crippen LogP contribution in [0.2, 0.25) is 0 Å². The number of hydrogen-bond donors (Lipinski definition) is 1. The minimum Gasteiger partial charge on any atom is -0.468 e. The number of carbonyl (C=O) groups excluding carboxylic acids is 1. The maximum atomic E-state index is 11.6. The highest BCUT2D eigenvalue weighted by atomic mass is 16.5. The van der Waals surface area contributed by atoms with E-state index < -0.39 is 0 Å². The average Bonchev–Trinajstić information content (AvgIpc) is 3.28. The Bertz CT molecular complexity index is 299. The molecular formula is C15H29N3O2. The second-order valence-corrected chi connectivity index (χ2v) is 6.01. The number of esters is 1.